The molecule has 2 rings (SSSR count). The molecule has 0 aromatic heterocycles. The fraction of sp³-hybridized carbons (Fsp3) is 0.625. The van der Waals surface area contributed by atoms with Crippen LogP contribution in [0.4, 0.5) is 5.69 Å². The van der Waals surface area contributed by atoms with Gasteiger partial charge < -0.3 is 15.4 Å². The lowest BCUT2D eigenvalue weighted by Crippen LogP contribution is -2.36. The van der Waals surface area contributed by atoms with Crippen molar-refractivity contribution < 1.29 is 4.74 Å². The summed E-state index contributed by atoms with van der Waals surface area (Å²) in [7, 11) is 2.25. The monoisotopic (exact) mass is 294 g/mol. The molecule has 1 saturated heterocycles. The van der Waals surface area contributed by atoms with E-state index < -0.39 is 0 Å². The summed E-state index contributed by atoms with van der Waals surface area (Å²) in [6.45, 7) is 3.94. The molecule has 1 aliphatic heterocycles. The van der Waals surface area contributed by atoms with Crippen LogP contribution in [0.5, 0.6) is 5.75 Å². The fourth-order valence-electron chi connectivity index (χ4n) is 2.71. The lowest BCUT2D eigenvalue weighted by molar-refractivity contribution is 0.182. The maximum Gasteiger partial charge on any atom is 0.120 e. The van der Waals surface area contributed by atoms with Gasteiger partial charge in [-0.05, 0) is 63.7 Å². The molecule has 1 atom stereocenters. The topological polar surface area (TPSA) is 38.5 Å². The standard InChI is InChI=1S/C16H26N2OS/c1-3-19-14-7-8-15(17)16(12-14)20-11-9-13-6-4-5-10-18(13)2/h7-8,12-13H,3-6,9-11,17H2,1-2H3. The normalized spacial score (nSPS) is 20.0. The number of nitrogen functional groups attached to an aromatic ring is 1. The maximum atomic E-state index is 6.05. The van der Waals surface area contributed by atoms with Gasteiger partial charge in [0.2, 0.25) is 0 Å². The van der Waals surface area contributed by atoms with Gasteiger partial charge in [-0.25, -0.2) is 0 Å². The van der Waals surface area contributed by atoms with Crippen molar-refractivity contribution in [2.45, 2.75) is 43.5 Å². The molecule has 1 aromatic carbocycles. The molecule has 1 fully saturated rings. The van der Waals surface area contributed by atoms with Crippen LogP contribution in [0.3, 0.4) is 0 Å². The second-order valence-electron chi connectivity index (χ2n) is 5.40. The highest BCUT2D eigenvalue weighted by Gasteiger charge is 2.18. The molecule has 4 heteroatoms. The van der Waals surface area contributed by atoms with Gasteiger partial charge in [-0.15, -0.1) is 11.8 Å². The molecule has 1 aliphatic rings. The van der Waals surface area contributed by atoms with Crippen LogP contribution in [0.15, 0.2) is 23.1 Å². The van der Waals surface area contributed by atoms with Crippen molar-refractivity contribution >= 4 is 17.4 Å². The lowest BCUT2D eigenvalue weighted by atomic mass is 10.0. The Labute approximate surface area is 126 Å². The van der Waals surface area contributed by atoms with Crippen molar-refractivity contribution in [3.05, 3.63) is 18.2 Å². The summed E-state index contributed by atoms with van der Waals surface area (Å²) in [5.74, 6) is 2.04. The number of hydrogen-bond acceptors (Lipinski definition) is 4. The van der Waals surface area contributed by atoms with Gasteiger partial charge in [-0.3, -0.25) is 0 Å². The van der Waals surface area contributed by atoms with E-state index in [1.165, 1.54) is 32.2 Å². The molecule has 1 heterocycles. The van der Waals surface area contributed by atoms with Crippen molar-refractivity contribution in [3.63, 3.8) is 0 Å². The highest BCUT2D eigenvalue weighted by molar-refractivity contribution is 7.99. The number of ether oxygens (including phenoxy) is 1. The SMILES string of the molecule is CCOc1ccc(N)c(SCCC2CCCCN2C)c1. The van der Waals surface area contributed by atoms with Crippen LogP contribution in [0.2, 0.25) is 0 Å². The number of likely N-dealkylation sites (tertiary alicyclic amines) is 1. The Morgan fingerprint density at radius 1 is 1.40 bits per heavy atom. The van der Waals surface area contributed by atoms with E-state index in [4.69, 9.17) is 10.5 Å². The lowest BCUT2D eigenvalue weighted by Gasteiger charge is -2.32. The Morgan fingerprint density at radius 3 is 3.00 bits per heavy atom. The molecule has 1 unspecified atom stereocenters. The fourth-order valence-corrected chi connectivity index (χ4v) is 3.75. The quantitative estimate of drug-likeness (QED) is 0.642. The molecule has 112 valence electrons. The highest BCUT2D eigenvalue weighted by atomic mass is 32.2. The van der Waals surface area contributed by atoms with Crippen LogP contribution >= 0.6 is 11.8 Å². The number of hydrogen-bond donors (Lipinski definition) is 1. The molecular formula is C16H26N2OS. The van der Waals surface area contributed by atoms with Crippen molar-refractivity contribution in [1.29, 1.82) is 0 Å². The first-order valence-corrected chi connectivity index (χ1v) is 8.54. The van der Waals surface area contributed by atoms with Crippen molar-refractivity contribution in [3.8, 4) is 5.75 Å². The zero-order valence-electron chi connectivity index (χ0n) is 12.6. The average Bonchev–Trinajstić information content (AvgIpc) is 2.44. The first kappa shape index (κ1) is 15.5. The smallest absolute Gasteiger partial charge is 0.120 e. The van der Waals surface area contributed by atoms with Crippen molar-refractivity contribution in [1.82, 2.24) is 4.90 Å². The van der Waals surface area contributed by atoms with Crippen LogP contribution in [0.1, 0.15) is 32.6 Å². The minimum Gasteiger partial charge on any atom is -0.494 e. The number of thioether (sulfide) groups is 1. The molecule has 0 amide bonds. The zero-order chi connectivity index (χ0) is 14.4. The second-order valence-corrected chi connectivity index (χ2v) is 6.54. The van der Waals surface area contributed by atoms with Gasteiger partial charge in [0, 0.05) is 16.6 Å². The molecular weight excluding hydrogens is 268 g/mol. The Kier molecular flexibility index (Phi) is 6.05. The van der Waals surface area contributed by atoms with E-state index in [9.17, 15) is 0 Å². The van der Waals surface area contributed by atoms with Crippen LogP contribution in [-0.2, 0) is 0 Å². The first-order chi connectivity index (χ1) is 9.70. The second kappa shape index (κ2) is 7.79. The Morgan fingerprint density at radius 2 is 2.25 bits per heavy atom. The third-order valence-electron chi connectivity index (χ3n) is 3.93. The molecule has 0 bridgehead atoms. The minimum atomic E-state index is 0.695. The summed E-state index contributed by atoms with van der Waals surface area (Å²) in [5.41, 5.74) is 6.90. The number of rotatable bonds is 6. The van der Waals surface area contributed by atoms with E-state index in [1.807, 2.05) is 30.8 Å². The van der Waals surface area contributed by atoms with Gasteiger partial charge >= 0.3 is 0 Å². The zero-order valence-corrected chi connectivity index (χ0v) is 13.4. The molecule has 0 radical (unpaired) electrons. The predicted molar refractivity (Wildman–Crippen MR) is 87.6 cm³/mol. The molecule has 0 spiro atoms. The third kappa shape index (κ3) is 4.32. The Hall–Kier alpha value is -0.870. The van der Waals surface area contributed by atoms with E-state index in [1.54, 1.807) is 0 Å². The molecule has 0 aliphatic carbocycles. The Bertz CT molecular complexity index is 425. The van der Waals surface area contributed by atoms with Crippen LogP contribution in [0, 0.1) is 0 Å². The molecule has 2 N–H and O–H groups in total. The summed E-state index contributed by atoms with van der Waals surface area (Å²) < 4.78 is 5.54. The molecule has 0 saturated carbocycles. The number of anilines is 1. The van der Waals surface area contributed by atoms with Gasteiger partial charge in [-0.2, -0.15) is 0 Å². The number of benzene rings is 1. The van der Waals surface area contributed by atoms with Gasteiger partial charge in [0.15, 0.2) is 0 Å². The van der Waals surface area contributed by atoms with E-state index in [0.29, 0.717) is 6.61 Å². The van der Waals surface area contributed by atoms with Gasteiger partial charge in [0.1, 0.15) is 5.75 Å². The van der Waals surface area contributed by atoms with Crippen molar-refractivity contribution in [2.24, 2.45) is 0 Å². The van der Waals surface area contributed by atoms with Crippen molar-refractivity contribution in [2.75, 3.05) is 31.7 Å². The van der Waals surface area contributed by atoms with E-state index >= 15 is 0 Å². The first-order valence-electron chi connectivity index (χ1n) is 7.56. The van der Waals surface area contributed by atoms with Crippen LogP contribution in [-0.4, -0.2) is 36.9 Å². The summed E-state index contributed by atoms with van der Waals surface area (Å²) in [6, 6.07) is 6.69. The summed E-state index contributed by atoms with van der Waals surface area (Å²) >= 11 is 1.85. The van der Waals surface area contributed by atoms with E-state index in [-0.39, 0.29) is 0 Å². The highest BCUT2D eigenvalue weighted by Crippen LogP contribution is 2.31. The minimum absolute atomic E-state index is 0.695. The maximum absolute atomic E-state index is 6.05. The Balaban J connectivity index is 1.85. The average molecular weight is 294 g/mol. The van der Waals surface area contributed by atoms with E-state index in [0.717, 1.165) is 28.1 Å². The number of nitrogens with zero attached hydrogens (tertiary/aromatic N) is 1. The summed E-state index contributed by atoms with van der Waals surface area (Å²) in [5, 5.41) is 0. The van der Waals surface area contributed by atoms with Gasteiger partial charge in [0.05, 0.1) is 6.61 Å². The predicted octanol–water partition coefficient (Wildman–Crippen LogP) is 3.63. The number of nitrogens with two attached hydrogens (primary N) is 1. The van der Waals surface area contributed by atoms with Crippen LogP contribution < -0.4 is 10.5 Å². The van der Waals surface area contributed by atoms with Gasteiger partial charge in [-0.1, -0.05) is 6.42 Å². The summed E-state index contributed by atoms with van der Waals surface area (Å²) in [4.78, 5) is 3.65. The van der Waals surface area contributed by atoms with E-state index in [2.05, 4.69) is 18.0 Å². The molecule has 3 nitrogen and oxygen atoms in total. The van der Waals surface area contributed by atoms with Gasteiger partial charge in [0.25, 0.3) is 0 Å². The summed E-state index contributed by atoms with van der Waals surface area (Å²) in [6.07, 6.45) is 5.30. The molecule has 20 heavy (non-hydrogen) atoms. The third-order valence-corrected chi connectivity index (χ3v) is 5.03. The molecule has 1 aromatic rings. The number of piperidine rings is 1. The largest absolute Gasteiger partial charge is 0.494 e. The van der Waals surface area contributed by atoms with Crippen LogP contribution in [0.25, 0.3) is 0 Å².